The van der Waals surface area contributed by atoms with Crippen molar-refractivity contribution in [2.75, 3.05) is 18.5 Å². The second-order valence-corrected chi connectivity index (χ2v) is 9.45. The van der Waals surface area contributed by atoms with Crippen LogP contribution in [0.5, 0.6) is 0 Å². The monoisotopic (exact) mass is 540 g/mol. The maximum absolute atomic E-state index is 12.4. The van der Waals surface area contributed by atoms with Gasteiger partial charge >= 0.3 is 11.9 Å². The van der Waals surface area contributed by atoms with E-state index in [-0.39, 0.29) is 29.9 Å². The number of ether oxygens (including phenoxy) is 1. The molecule has 0 aliphatic rings. The topological polar surface area (TPSA) is 143 Å². The molecule has 0 spiro atoms. The Labute approximate surface area is 230 Å². The fourth-order valence-electron chi connectivity index (χ4n) is 3.95. The highest BCUT2D eigenvalue weighted by Crippen LogP contribution is 2.29. The van der Waals surface area contributed by atoms with E-state index in [0.29, 0.717) is 13.2 Å². The summed E-state index contributed by atoms with van der Waals surface area (Å²) in [5.74, 6) is -1.46. The van der Waals surface area contributed by atoms with Gasteiger partial charge in [0.1, 0.15) is 0 Å². The van der Waals surface area contributed by atoms with Crippen molar-refractivity contribution in [3.8, 4) is 0 Å². The third-order valence-electron chi connectivity index (χ3n) is 6.19. The number of carbonyl (C=O) groups is 2. The lowest BCUT2D eigenvalue weighted by Gasteiger charge is -2.06. The van der Waals surface area contributed by atoms with E-state index in [4.69, 9.17) is 9.84 Å². The molecular weight excluding hydrogens is 500 g/mol. The van der Waals surface area contributed by atoms with Crippen LogP contribution in [0.3, 0.4) is 0 Å². The van der Waals surface area contributed by atoms with Crippen LogP contribution in [0.15, 0.2) is 52.7 Å². The third kappa shape index (κ3) is 13.0. The number of aliphatic carboxylic acids is 1. The summed E-state index contributed by atoms with van der Waals surface area (Å²) >= 11 is 0. The second-order valence-electron chi connectivity index (χ2n) is 9.45. The lowest BCUT2D eigenvalue weighted by molar-refractivity contribution is -0.384. The van der Waals surface area contributed by atoms with Crippen LogP contribution >= 0.6 is 0 Å². The summed E-state index contributed by atoms with van der Waals surface area (Å²) < 4.78 is 5.31. The van der Waals surface area contributed by atoms with Gasteiger partial charge in [-0.3, -0.25) is 14.9 Å². The maximum Gasteiger partial charge on any atom is 0.338 e. The van der Waals surface area contributed by atoms with Crippen molar-refractivity contribution < 1.29 is 24.4 Å². The van der Waals surface area contributed by atoms with Crippen molar-refractivity contribution in [3.63, 3.8) is 0 Å². The van der Waals surface area contributed by atoms with E-state index in [9.17, 15) is 19.7 Å². The van der Waals surface area contributed by atoms with Crippen molar-refractivity contribution in [1.29, 1.82) is 0 Å². The summed E-state index contributed by atoms with van der Waals surface area (Å²) in [5, 5.41) is 31.3. The highest BCUT2D eigenvalue weighted by molar-refractivity contribution is 5.91. The van der Waals surface area contributed by atoms with E-state index < -0.39 is 16.9 Å². The molecule has 2 aromatic rings. The van der Waals surface area contributed by atoms with Crippen molar-refractivity contribution in [3.05, 3.63) is 63.7 Å². The van der Waals surface area contributed by atoms with Gasteiger partial charge in [0.05, 0.1) is 30.1 Å². The molecule has 0 heterocycles. The smallest absolute Gasteiger partial charge is 0.338 e. The summed E-state index contributed by atoms with van der Waals surface area (Å²) in [5.41, 5.74) is 1.46. The quantitative estimate of drug-likeness (QED) is 0.0572. The molecule has 0 atom stereocenters. The summed E-state index contributed by atoms with van der Waals surface area (Å²) in [6.45, 7) is 3.03. The van der Waals surface area contributed by atoms with E-state index in [1.165, 1.54) is 63.1 Å². The number of nitro benzene ring substituents is 1. The van der Waals surface area contributed by atoms with Gasteiger partial charge in [0.15, 0.2) is 5.69 Å². The summed E-state index contributed by atoms with van der Waals surface area (Å²) in [7, 11) is 0. The first kappa shape index (κ1) is 31.4. The van der Waals surface area contributed by atoms with Gasteiger partial charge in [0.25, 0.3) is 5.69 Å². The number of rotatable bonds is 20. The number of esters is 1. The Morgan fingerprint density at radius 3 is 2.21 bits per heavy atom. The lowest BCUT2D eigenvalue weighted by Crippen LogP contribution is -2.07. The molecule has 10 heteroatoms. The second kappa shape index (κ2) is 18.4. The number of azo groups is 1. The average Bonchev–Trinajstić information content (AvgIpc) is 2.92. The van der Waals surface area contributed by atoms with Crippen molar-refractivity contribution in [2.24, 2.45) is 10.2 Å². The molecule has 0 unspecified atom stereocenters. The Morgan fingerprint density at radius 1 is 0.949 bits per heavy atom. The predicted octanol–water partition coefficient (Wildman–Crippen LogP) is 7.84. The molecule has 2 N–H and O–H groups in total. The zero-order valence-electron chi connectivity index (χ0n) is 22.8. The van der Waals surface area contributed by atoms with Crippen LogP contribution in [-0.4, -0.2) is 35.1 Å². The van der Waals surface area contributed by atoms with Crippen LogP contribution in [0.4, 0.5) is 17.1 Å². The number of unbranched alkanes of at least 4 members (excludes halogenated alkanes) is 9. The molecule has 0 fully saturated rings. The highest BCUT2D eigenvalue weighted by Gasteiger charge is 2.18. The SMILES string of the molecule is CCCCCCCCCCCCOC(=O)c1ccc(N=NCc2ccc(NCCC(=O)O)cc2)c([N+](=O)[O-])c1. The van der Waals surface area contributed by atoms with E-state index in [2.05, 4.69) is 22.5 Å². The Bertz CT molecular complexity index is 1070. The number of nitrogens with one attached hydrogen (secondary N) is 1. The Hall–Kier alpha value is -3.82. The van der Waals surface area contributed by atoms with Crippen LogP contribution in [0.25, 0.3) is 0 Å². The highest BCUT2D eigenvalue weighted by atomic mass is 16.6. The molecule has 2 rings (SSSR count). The van der Waals surface area contributed by atoms with Crippen LogP contribution in [0, 0.1) is 10.1 Å². The molecule has 0 aromatic heterocycles. The molecule has 10 nitrogen and oxygen atoms in total. The molecule has 0 amide bonds. The zero-order chi connectivity index (χ0) is 28.3. The summed E-state index contributed by atoms with van der Waals surface area (Å²) in [6.07, 6.45) is 11.8. The van der Waals surface area contributed by atoms with Crippen molar-refractivity contribution in [1.82, 2.24) is 0 Å². The van der Waals surface area contributed by atoms with E-state index in [1.54, 1.807) is 12.1 Å². The Kier molecular flexibility index (Phi) is 14.8. The lowest BCUT2D eigenvalue weighted by atomic mass is 10.1. The molecule has 0 aliphatic carbocycles. The van der Waals surface area contributed by atoms with Gasteiger partial charge < -0.3 is 15.2 Å². The Balaban J connectivity index is 1.77. The molecule has 2 aromatic carbocycles. The number of carbonyl (C=O) groups excluding carboxylic acids is 1. The standard InChI is InChI=1S/C29H40N4O6/c1-2-3-4-5-6-7-8-9-10-11-20-39-29(36)24-14-17-26(27(21-24)33(37)38)32-31-22-23-12-15-25(16-13-23)30-19-18-28(34)35/h12-17,21,30H,2-11,18-20,22H2,1H3,(H,34,35). The number of carboxylic acids is 1. The maximum atomic E-state index is 12.4. The number of hydrogen-bond donors (Lipinski definition) is 2. The van der Waals surface area contributed by atoms with E-state index >= 15 is 0 Å². The molecular formula is C29H40N4O6. The normalized spacial score (nSPS) is 11.0. The summed E-state index contributed by atoms with van der Waals surface area (Å²) in [6, 6.07) is 11.2. The molecule has 39 heavy (non-hydrogen) atoms. The first-order valence-electron chi connectivity index (χ1n) is 13.8. The first-order valence-corrected chi connectivity index (χ1v) is 13.8. The minimum Gasteiger partial charge on any atom is -0.481 e. The third-order valence-corrected chi connectivity index (χ3v) is 6.19. The van der Waals surface area contributed by atoms with Crippen LogP contribution in [0.1, 0.15) is 93.5 Å². The fraction of sp³-hybridized carbons (Fsp3) is 0.517. The first-order chi connectivity index (χ1) is 18.9. The van der Waals surface area contributed by atoms with E-state index in [0.717, 1.165) is 30.5 Å². The Morgan fingerprint density at radius 2 is 1.59 bits per heavy atom. The number of hydrogen-bond acceptors (Lipinski definition) is 8. The molecule has 0 radical (unpaired) electrons. The molecule has 0 saturated carbocycles. The number of nitro groups is 1. The van der Waals surface area contributed by atoms with Gasteiger partial charge in [-0.1, -0.05) is 76.8 Å². The minimum atomic E-state index is -0.872. The zero-order valence-corrected chi connectivity index (χ0v) is 22.8. The largest absolute Gasteiger partial charge is 0.481 e. The van der Waals surface area contributed by atoms with Crippen molar-refractivity contribution in [2.45, 2.75) is 84.1 Å². The predicted molar refractivity (Wildman–Crippen MR) is 151 cm³/mol. The number of carboxylic acid groups (broad SMARTS) is 1. The number of nitrogens with zero attached hydrogens (tertiary/aromatic N) is 3. The molecule has 0 aliphatic heterocycles. The van der Waals surface area contributed by atoms with Gasteiger partial charge in [-0.15, -0.1) is 5.11 Å². The average molecular weight is 541 g/mol. The van der Waals surface area contributed by atoms with Crippen LogP contribution in [0.2, 0.25) is 0 Å². The number of benzene rings is 2. The minimum absolute atomic E-state index is 0.0185. The van der Waals surface area contributed by atoms with Gasteiger partial charge in [-0.2, -0.15) is 5.11 Å². The van der Waals surface area contributed by atoms with E-state index in [1.807, 2.05) is 12.1 Å². The van der Waals surface area contributed by atoms with Gasteiger partial charge in [0.2, 0.25) is 0 Å². The van der Waals surface area contributed by atoms with Gasteiger partial charge in [-0.25, -0.2) is 4.79 Å². The molecule has 0 bridgehead atoms. The molecule has 212 valence electrons. The van der Waals surface area contributed by atoms with Gasteiger partial charge in [-0.05, 0) is 36.2 Å². The molecule has 0 saturated heterocycles. The van der Waals surface area contributed by atoms with Gasteiger partial charge in [0, 0.05) is 18.3 Å². The van der Waals surface area contributed by atoms with Crippen molar-refractivity contribution >= 4 is 29.0 Å². The van der Waals surface area contributed by atoms with Crippen LogP contribution < -0.4 is 5.32 Å². The van der Waals surface area contributed by atoms with Crippen LogP contribution in [-0.2, 0) is 16.1 Å². The number of anilines is 1. The summed E-state index contributed by atoms with van der Waals surface area (Å²) in [4.78, 5) is 33.9. The fourth-order valence-corrected chi connectivity index (χ4v) is 3.95.